The van der Waals surface area contributed by atoms with E-state index < -0.39 is 0 Å². The minimum Gasteiger partial charge on any atom is -0.494 e. The zero-order valence-corrected chi connectivity index (χ0v) is 9.10. The summed E-state index contributed by atoms with van der Waals surface area (Å²) >= 11 is 0. The second-order valence-corrected chi connectivity index (χ2v) is 2.82. The van der Waals surface area contributed by atoms with Crippen LogP contribution in [-0.4, -0.2) is 20.7 Å². The Morgan fingerprint density at radius 3 is 2.54 bits per heavy atom. The van der Waals surface area contributed by atoms with E-state index in [1.807, 2.05) is 39.2 Å². The fourth-order valence-corrected chi connectivity index (χ4v) is 1.02. The lowest BCUT2D eigenvalue weighted by molar-refractivity contribution is 0.340. The largest absolute Gasteiger partial charge is 0.494 e. The lowest BCUT2D eigenvalue weighted by Gasteiger charge is -2.13. The number of ether oxygens (including phenoxy) is 1. The zero-order valence-electron chi connectivity index (χ0n) is 8.28. The average Bonchev–Trinajstić information content (AvgIpc) is 2.05. The van der Waals surface area contributed by atoms with Crippen molar-refractivity contribution < 1.29 is 4.74 Å². The van der Waals surface area contributed by atoms with Crippen LogP contribution in [0.3, 0.4) is 0 Å². The lowest BCUT2D eigenvalue weighted by Crippen LogP contribution is -2.08. The molecular formula is C10H16ClNO. The second-order valence-electron chi connectivity index (χ2n) is 2.82. The van der Waals surface area contributed by atoms with Crippen LogP contribution < -0.4 is 9.64 Å². The summed E-state index contributed by atoms with van der Waals surface area (Å²) in [5, 5.41) is 0. The molecule has 0 unspecified atom stereocenters. The van der Waals surface area contributed by atoms with E-state index in [1.54, 1.807) is 0 Å². The van der Waals surface area contributed by atoms with E-state index in [-0.39, 0.29) is 12.4 Å². The van der Waals surface area contributed by atoms with Crippen molar-refractivity contribution in [2.75, 3.05) is 25.6 Å². The van der Waals surface area contributed by atoms with Gasteiger partial charge in [-0.1, -0.05) is 6.07 Å². The first-order valence-electron chi connectivity index (χ1n) is 4.14. The quantitative estimate of drug-likeness (QED) is 0.746. The highest BCUT2D eigenvalue weighted by Gasteiger charge is 1.96. The van der Waals surface area contributed by atoms with Crippen molar-refractivity contribution in [2.45, 2.75) is 6.92 Å². The summed E-state index contributed by atoms with van der Waals surface area (Å²) < 4.78 is 5.37. The molecule has 1 rings (SSSR count). The molecule has 2 nitrogen and oxygen atoms in total. The third-order valence-corrected chi connectivity index (χ3v) is 1.65. The van der Waals surface area contributed by atoms with Crippen LogP contribution in [0.2, 0.25) is 0 Å². The van der Waals surface area contributed by atoms with Crippen molar-refractivity contribution in [1.29, 1.82) is 0 Å². The van der Waals surface area contributed by atoms with E-state index in [4.69, 9.17) is 4.74 Å². The third-order valence-electron chi connectivity index (χ3n) is 1.65. The summed E-state index contributed by atoms with van der Waals surface area (Å²) in [6.45, 7) is 2.71. The van der Waals surface area contributed by atoms with Crippen LogP contribution in [0.5, 0.6) is 5.75 Å². The standard InChI is InChI=1S/C10H15NO.ClH/c1-4-12-10-7-5-6-9(8-10)11(2)3;/h5-8H,4H2,1-3H3;1H. The smallest absolute Gasteiger partial charge is 0.121 e. The van der Waals surface area contributed by atoms with Crippen molar-refractivity contribution in [3.8, 4) is 5.75 Å². The van der Waals surface area contributed by atoms with Gasteiger partial charge in [0.1, 0.15) is 5.75 Å². The van der Waals surface area contributed by atoms with Crippen molar-refractivity contribution in [2.24, 2.45) is 0 Å². The fraction of sp³-hybridized carbons (Fsp3) is 0.400. The Labute approximate surface area is 85.9 Å². The molecule has 0 saturated heterocycles. The maximum atomic E-state index is 5.37. The molecule has 0 radical (unpaired) electrons. The molecule has 0 aliphatic rings. The first-order chi connectivity index (χ1) is 5.74. The summed E-state index contributed by atoms with van der Waals surface area (Å²) in [7, 11) is 4.04. The van der Waals surface area contributed by atoms with Crippen LogP contribution in [0.1, 0.15) is 6.92 Å². The first-order valence-corrected chi connectivity index (χ1v) is 4.14. The van der Waals surface area contributed by atoms with Gasteiger partial charge >= 0.3 is 0 Å². The SMILES string of the molecule is CCOc1cccc(N(C)C)c1.Cl. The van der Waals surface area contributed by atoms with Crippen LogP contribution in [0.25, 0.3) is 0 Å². The summed E-state index contributed by atoms with van der Waals surface area (Å²) in [4.78, 5) is 2.06. The fourth-order valence-electron chi connectivity index (χ4n) is 1.02. The highest BCUT2D eigenvalue weighted by Crippen LogP contribution is 2.18. The van der Waals surface area contributed by atoms with E-state index in [9.17, 15) is 0 Å². The van der Waals surface area contributed by atoms with Gasteiger partial charge in [-0.15, -0.1) is 12.4 Å². The summed E-state index contributed by atoms with van der Waals surface area (Å²) in [5.74, 6) is 0.934. The van der Waals surface area contributed by atoms with Gasteiger partial charge in [0.15, 0.2) is 0 Å². The van der Waals surface area contributed by atoms with Gasteiger partial charge in [0, 0.05) is 25.8 Å². The number of hydrogen-bond acceptors (Lipinski definition) is 2. The topological polar surface area (TPSA) is 12.5 Å². The Morgan fingerprint density at radius 1 is 1.31 bits per heavy atom. The molecule has 0 bridgehead atoms. The predicted molar refractivity (Wildman–Crippen MR) is 59.2 cm³/mol. The second kappa shape index (κ2) is 5.70. The van der Waals surface area contributed by atoms with Crippen LogP contribution in [0, 0.1) is 0 Å². The predicted octanol–water partition coefficient (Wildman–Crippen LogP) is 2.57. The maximum absolute atomic E-state index is 5.37. The minimum atomic E-state index is 0. The normalized spacial score (nSPS) is 8.85. The highest BCUT2D eigenvalue weighted by molar-refractivity contribution is 5.85. The Kier molecular flexibility index (Phi) is 5.31. The van der Waals surface area contributed by atoms with Gasteiger partial charge < -0.3 is 9.64 Å². The van der Waals surface area contributed by atoms with Crippen molar-refractivity contribution >= 4 is 18.1 Å². The molecule has 74 valence electrons. The molecule has 1 aromatic carbocycles. The zero-order chi connectivity index (χ0) is 8.97. The molecular weight excluding hydrogens is 186 g/mol. The number of anilines is 1. The minimum absolute atomic E-state index is 0. The van der Waals surface area contributed by atoms with Gasteiger partial charge in [0.05, 0.1) is 6.61 Å². The van der Waals surface area contributed by atoms with Gasteiger partial charge in [0.2, 0.25) is 0 Å². The number of rotatable bonds is 3. The van der Waals surface area contributed by atoms with Gasteiger partial charge in [-0.25, -0.2) is 0 Å². The van der Waals surface area contributed by atoms with Crippen LogP contribution >= 0.6 is 12.4 Å². The van der Waals surface area contributed by atoms with Crippen molar-refractivity contribution in [1.82, 2.24) is 0 Å². The van der Waals surface area contributed by atoms with Crippen LogP contribution in [0.15, 0.2) is 24.3 Å². The number of benzene rings is 1. The summed E-state index contributed by atoms with van der Waals surface area (Å²) in [5.41, 5.74) is 1.17. The van der Waals surface area contributed by atoms with E-state index in [2.05, 4.69) is 11.0 Å². The monoisotopic (exact) mass is 201 g/mol. The maximum Gasteiger partial charge on any atom is 0.121 e. The Balaban J connectivity index is 0.00000144. The van der Waals surface area contributed by atoms with E-state index in [0.29, 0.717) is 0 Å². The van der Waals surface area contributed by atoms with Gasteiger partial charge in [-0.2, -0.15) is 0 Å². The number of halogens is 1. The molecule has 3 heteroatoms. The molecule has 1 aromatic rings. The average molecular weight is 202 g/mol. The first kappa shape index (κ1) is 12.1. The van der Waals surface area contributed by atoms with Gasteiger partial charge in [-0.3, -0.25) is 0 Å². The van der Waals surface area contributed by atoms with Gasteiger partial charge in [0.25, 0.3) is 0 Å². The van der Waals surface area contributed by atoms with E-state index >= 15 is 0 Å². The molecule has 0 saturated carbocycles. The molecule has 0 amide bonds. The number of nitrogens with zero attached hydrogens (tertiary/aromatic N) is 1. The molecule has 0 aliphatic carbocycles. The highest BCUT2D eigenvalue weighted by atomic mass is 35.5. The Bertz CT molecular complexity index is 250. The molecule has 0 heterocycles. The molecule has 0 aromatic heterocycles. The van der Waals surface area contributed by atoms with E-state index in [1.165, 1.54) is 5.69 Å². The Hall–Kier alpha value is -0.890. The molecule has 0 fully saturated rings. The third kappa shape index (κ3) is 3.55. The molecule has 0 atom stereocenters. The summed E-state index contributed by atoms with van der Waals surface area (Å²) in [6, 6.07) is 8.06. The Morgan fingerprint density at radius 2 is 2.00 bits per heavy atom. The van der Waals surface area contributed by atoms with Crippen molar-refractivity contribution in [3.63, 3.8) is 0 Å². The van der Waals surface area contributed by atoms with Crippen LogP contribution in [-0.2, 0) is 0 Å². The molecule has 0 N–H and O–H groups in total. The van der Waals surface area contributed by atoms with Crippen LogP contribution in [0.4, 0.5) is 5.69 Å². The van der Waals surface area contributed by atoms with Gasteiger partial charge in [-0.05, 0) is 19.1 Å². The molecule has 13 heavy (non-hydrogen) atoms. The molecule has 0 aliphatic heterocycles. The summed E-state index contributed by atoms with van der Waals surface area (Å²) in [6.07, 6.45) is 0. The molecule has 0 spiro atoms. The van der Waals surface area contributed by atoms with E-state index in [0.717, 1.165) is 12.4 Å². The lowest BCUT2D eigenvalue weighted by atomic mass is 10.3. The number of hydrogen-bond donors (Lipinski definition) is 0. The van der Waals surface area contributed by atoms with Crippen molar-refractivity contribution in [3.05, 3.63) is 24.3 Å².